The van der Waals surface area contributed by atoms with E-state index in [1.807, 2.05) is 0 Å². The molecule has 3 nitrogen and oxygen atoms in total. The second-order valence-electron chi connectivity index (χ2n) is 9.82. The van der Waals surface area contributed by atoms with Crippen LogP contribution in [0.5, 0.6) is 0 Å². The first-order valence-electron chi connectivity index (χ1n) is 13.4. The minimum absolute atomic E-state index is 0.0607. The van der Waals surface area contributed by atoms with Crippen molar-refractivity contribution in [1.29, 1.82) is 0 Å². The number of nitrogens with zero attached hydrogens (tertiary/aromatic N) is 3. The Bertz CT molecular complexity index is 1060. The lowest BCUT2D eigenvalue weighted by Gasteiger charge is -2.40. The molecule has 0 amide bonds. The predicted molar refractivity (Wildman–Crippen MR) is 152 cm³/mol. The highest BCUT2D eigenvalue weighted by molar-refractivity contribution is 5.61. The van der Waals surface area contributed by atoms with Gasteiger partial charge < -0.3 is 9.80 Å². The smallest absolute Gasteiger partial charge is 0.101 e. The van der Waals surface area contributed by atoms with Crippen LogP contribution in [0.15, 0.2) is 83.9 Å². The number of unbranched alkanes of at least 4 members (excludes halogenated alkanes) is 6. The minimum Gasteiger partial charge on any atom is -0.367 e. The average molecular weight is 468 g/mol. The average Bonchev–Trinajstić information content (AvgIpc) is 2.90. The lowest BCUT2D eigenvalue weighted by molar-refractivity contribution is 0.532. The normalized spacial score (nSPS) is 17.1. The summed E-state index contributed by atoms with van der Waals surface area (Å²) >= 11 is 0. The quantitative estimate of drug-likeness (QED) is 0.208. The zero-order valence-electron chi connectivity index (χ0n) is 21.6. The highest BCUT2D eigenvalue weighted by Gasteiger charge is 2.34. The first-order valence-corrected chi connectivity index (χ1v) is 13.4. The molecule has 0 fully saturated rings. The van der Waals surface area contributed by atoms with E-state index in [1.54, 1.807) is 0 Å². The van der Waals surface area contributed by atoms with Crippen molar-refractivity contribution in [3.8, 4) is 0 Å². The van der Waals surface area contributed by atoms with E-state index in [0.29, 0.717) is 0 Å². The van der Waals surface area contributed by atoms with Gasteiger partial charge in [-0.3, -0.25) is 4.99 Å². The van der Waals surface area contributed by atoms with Crippen LogP contribution in [0, 0.1) is 0 Å². The molecule has 3 heteroatoms. The van der Waals surface area contributed by atoms with Gasteiger partial charge in [-0.05, 0) is 42.5 Å². The monoisotopic (exact) mass is 467 g/mol. The molecule has 1 aliphatic heterocycles. The standard InChI is InChI=1S/C32H41N3/c1-4-5-6-7-8-9-17-24-35-25-26-18-13-14-21-28(26)32(34(3)27-19-11-10-12-20-27)31(33-2)29-22-15-16-23-30(29)35/h10-16,18-23,31-32H,2,4-9,17,24-25H2,1,3H3. The van der Waals surface area contributed by atoms with Gasteiger partial charge in [-0.15, -0.1) is 0 Å². The summed E-state index contributed by atoms with van der Waals surface area (Å²) < 4.78 is 0. The van der Waals surface area contributed by atoms with Crippen molar-refractivity contribution in [2.45, 2.75) is 70.5 Å². The summed E-state index contributed by atoms with van der Waals surface area (Å²) in [6.07, 6.45) is 9.28. The molecule has 0 N–H and O–H groups in total. The molecule has 0 spiro atoms. The number of rotatable bonds is 11. The molecule has 0 saturated carbocycles. The van der Waals surface area contributed by atoms with Gasteiger partial charge in [0.2, 0.25) is 0 Å². The van der Waals surface area contributed by atoms with Crippen LogP contribution >= 0.6 is 0 Å². The molecule has 184 valence electrons. The number of hydrogen-bond donors (Lipinski definition) is 0. The number of aliphatic imine (C=N–C) groups is 1. The molecule has 35 heavy (non-hydrogen) atoms. The van der Waals surface area contributed by atoms with Crippen LogP contribution in [0.4, 0.5) is 11.4 Å². The van der Waals surface area contributed by atoms with Crippen LogP contribution in [0.1, 0.15) is 80.6 Å². The largest absolute Gasteiger partial charge is 0.367 e. The molecule has 0 aromatic heterocycles. The maximum absolute atomic E-state index is 4.77. The van der Waals surface area contributed by atoms with Crippen molar-refractivity contribution in [2.24, 2.45) is 4.99 Å². The lowest BCUT2D eigenvalue weighted by atomic mass is 9.86. The summed E-state index contributed by atoms with van der Waals surface area (Å²) in [5.41, 5.74) is 6.49. The summed E-state index contributed by atoms with van der Waals surface area (Å²) in [5, 5.41) is 0. The molecule has 0 saturated heterocycles. The number of anilines is 2. The Labute approximate surface area is 212 Å². The maximum atomic E-state index is 4.77. The summed E-state index contributed by atoms with van der Waals surface area (Å²) in [7, 11) is 2.19. The third-order valence-electron chi connectivity index (χ3n) is 7.44. The van der Waals surface area contributed by atoms with Gasteiger partial charge in [-0.1, -0.05) is 106 Å². The summed E-state index contributed by atoms with van der Waals surface area (Å²) in [6, 6.07) is 28.4. The molecular formula is C32H41N3. The minimum atomic E-state index is -0.0607. The predicted octanol–water partition coefficient (Wildman–Crippen LogP) is 8.38. The third-order valence-corrected chi connectivity index (χ3v) is 7.44. The van der Waals surface area contributed by atoms with Gasteiger partial charge in [0.25, 0.3) is 0 Å². The van der Waals surface area contributed by atoms with E-state index in [-0.39, 0.29) is 12.1 Å². The molecule has 0 aliphatic carbocycles. The second kappa shape index (κ2) is 12.6. The van der Waals surface area contributed by atoms with Crippen LogP contribution < -0.4 is 9.80 Å². The molecule has 3 aromatic rings. The topological polar surface area (TPSA) is 18.8 Å². The van der Waals surface area contributed by atoms with Crippen LogP contribution in [0.25, 0.3) is 0 Å². The van der Waals surface area contributed by atoms with Gasteiger partial charge in [-0.25, -0.2) is 0 Å². The van der Waals surface area contributed by atoms with Gasteiger partial charge in [0.05, 0.1) is 6.04 Å². The Balaban J connectivity index is 1.66. The molecule has 2 unspecified atom stereocenters. The van der Waals surface area contributed by atoms with E-state index in [2.05, 4.69) is 109 Å². The van der Waals surface area contributed by atoms with E-state index in [1.165, 1.54) is 73.0 Å². The van der Waals surface area contributed by atoms with E-state index < -0.39 is 0 Å². The fourth-order valence-electron chi connectivity index (χ4n) is 5.52. The van der Waals surface area contributed by atoms with Crippen molar-refractivity contribution in [1.82, 2.24) is 0 Å². The van der Waals surface area contributed by atoms with Crippen molar-refractivity contribution < 1.29 is 0 Å². The fourth-order valence-corrected chi connectivity index (χ4v) is 5.52. The molecule has 4 rings (SSSR count). The van der Waals surface area contributed by atoms with Gasteiger partial charge in [0, 0.05) is 37.1 Å². The SMILES string of the molecule is C=NC1c2ccccc2N(CCCCCCCCC)Cc2ccccc2C1N(C)c1ccccc1. The Morgan fingerprint density at radius 2 is 1.43 bits per heavy atom. The highest BCUT2D eigenvalue weighted by atomic mass is 15.2. The van der Waals surface area contributed by atoms with Crippen molar-refractivity contribution in [2.75, 3.05) is 23.4 Å². The number of likely N-dealkylation sites (N-methyl/N-ethyl adjacent to an activating group) is 1. The summed E-state index contributed by atoms with van der Waals surface area (Å²) in [4.78, 5) is 9.73. The van der Waals surface area contributed by atoms with Gasteiger partial charge >= 0.3 is 0 Å². The van der Waals surface area contributed by atoms with E-state index in [9.17, 15) is 0 Å². The van der Waals surface area contributed by atoms with Crippen LogP contribution in [-0.2, 0) is 6.54 Å². The second-order valence-corrected chi connectivity index (χ2v) is 9.82. The van der Waals surface area contributed by atoms with Crippen molar-refractivity contribution in [3.63, 3.8) is 0 Å². The number of fused-ring (bicyclic) bond motifs is 2. The third kappa shape index (κ3) is 5.96. The maximum Gasteiger partial charge on any atom is 0.101 e. The highest BCUT2D eigenvalue weighted by Crippen LogP contribution is 2.45. The van der Waals surface area contributed by atoms with Crippen LogP contribution in [0.2, 0.25) is 0 Å². The molecule has 0 bridgehead atoms. The number of hydrogen-bond acceptors (Lipinski definition) is 3. The van der Waals surface area contributed by atoms with E-state index in [4.69, 9.17) is 4.99 Å². The molecule has 1 heterocycles. The number of benzene rings is 3. The van der Waals surface area contributed by atoms with Crippen LogP contribution in [-0.4, -0.2) is 20.3 Å². The molecule has 2 atom stereocenters. The first-order chi connectivity index (χ1) is 17.2. The van der Waals surface area contributed by atoms with Gasteiger partial charge in [-0.2, -0.15) is 0 Å². The van der Waals surface area contributed by atoms with E-state index >= 15 is 0 Å². The Morgan fingerprint density at radius 1 is 0.800 bits per heavy atom. The summed E-state index contributed by atoms with van der Waals surface area (Å²) in [5.74, 6) is 0. The fraction of sp³-hybridized carbons (Fsp3) is 0.406. The summed E-state index contributed by atoms with van der Waals surface area (Å²) in [6.45, 7) is 8.37. The van der Waals surface area contributed by atoms with E-state index in [0.717, 1.165) is 13.1 Å². The molecule has 1 aliphatic rings. The first kappa shape index (κ1) is 25.0. The molecule has 3 aromatic carbocycles. The number of para-hydroxylation sites is 2. The lowest BCUT2D eigenvalue weighted by Crippen LogP contribution is -2.35. The Hall–Kier alpha value is -3.07. The zero-order chi connectivity index (χ0) is 24.5. The molecular weight excluding hydrogens is 426 g/mol. The van der Waals surface area contributed by atoms with Gasteiger partial charge in [0.15, 0.2) is 0 Å². The van der Waals surface area contributed by atoms with Gasteiger partial charge in [0.1, 0.15) is 6.04 Å². The Morgan fingerprint density at radius 3 is 2.17 bits per heavy atom. The van der Waals surface area contributed by atoms with Crippen LogP contribution in [0.3, 0.4) is 0 Å². The van der Waals surface area contributed by atoms with Crippen molar-refractivity contribution in [3.05, 3.63) is 95.6 Å². The zero-order valence-corrected chi connectivity index (χ0v) is 21.6. The van der Waals surface area contributed by atoms with Crippen molar-refractivity contribution >= 4 is 18.1 Å². The molecule has 0 radical (unpaired) electrons. The Kier molecular flexibility index (Phi) is 9.00.